The van der Waals surface area contributed by atoms with Crippen molar-refractivity contribution in [1.82, 2.24) is 20.1 Å². The number of benzene rings is 1. The maximum Gasteiger partial charge on any atom is 0.286 e. The lowest BCUT2D eigenvalue weighted by Gasteiger charge is -2.07. The Bertz CT molecular complexity index is 844. The molecule has 0 aliphatic carbocycles. The zero-order chi connectivity index (χ0) is 17.7. The molecule has 8 nitrogen and oxygen atoms in total. The molecule has 128 valence electrons. The first-order chi connectivity index (χ1) is 11.3. The maximum absolute atomic E-state index is 12.1. The van der Waals surface area contributed by atoms with Crippen molar-refractivity contribution in [2.75, 3.05) is 7.05 Å². The van der Waals surface area contributed by atoms with Gasteiger partial charge in [0.05, 0.1) is 6.42 Å². The SMILES string of the molecule is CNS(=O)(=O)c1cc(C(=O)NNC(=O)Cc2ccccc2)n(C)c1. The van der Waals surface area contributed by atoms with E-state index in [1.165, 1.54) is 30.9 Å². The summed E-state index contributed by atoms with van der Waals surface area (Å²) in [6, 6.07) is 10.3. The first-order valence-corrected chi connectivity index (χ1v) is 8.55. The average Bonchev–Trinajstić information content (AvgIpc) is 2.96. The lowest BCUT2D eigenvalue weighted by molar-refractivity contribution is -0.121. The van der Waals surface area contributed by atoms with Crippen LogP contribution in [0, 0.1) is 0 Å². The summed E-state index contributed by atoms with van der Waals surface area (Å²) < 4.78 is 27.0. The Morgan fingerprint density at radius 1 is 1.12 bits per heavy atom. The minimum atomic E-state index is -3.64. The van der Waals surface area contributed by atoms with E-state index in [-0.39, 0.29) is 22.9 Å². The first-order valence-electron chi connectivity index (χ1n) is 7.06. The molecular weight excluding hydrogens is 332 g/mol. The summed E-state index contributed by atoms with van der Waals surface area (Å²) in [4.78, 5) is 23.9. The molecule has 0 bridgehead atoms. The summed E-state index contributed by atoms with van der Waals surface area (Å²) >= 11 is 0. The number of hydrazine groups is 1. The summed E-state index contributed by atoms with van der Waals surface area (Å²) in [7, 11) is -0.823. The molecule has 3 N–H and O–H groups in total. The van der Waals surface area contributed by atoms with Gasteiger partial charge in [0.1, 0.15) is 10.6 Å². The average molecular weight is 350 g/mol. The van der Waals surface area contributed by atoms with Gasteiger partial charge < -0.3 is 4.57 Å². The van der Waals surface area contributed by atoms with E-state index in [1.807, 2.05) is 18.2 Å². The number of amides is 2. The summed E-state index contributed by atoms with van der Waals surface area (Å²) in [6.07, 6.45) is 1.43. The molecule has 2 aromatic rings. The monoisotopic (exact) mass is 350 g/mol. The molecule has 2 rings (SSSR count). The van der Waals surface area contributed by atoms with Gasteiger partial charge in [0.15, 0.2) is 0 Å². The number of rotatable bonds is 5. The highest BCUT2D eigenvalue weighted by Crippen LogP contribution is 2.12. The Labute approximate surface area is 139 Å². The van der Waals surface area contributed by atoms with Gasteiger partial charge in [0.25, 0.3) is 5.91 Å². The fraction of sp³-hybridized carbons (Fsp3) is 0.200. The van der Waals surface area contributed by atoms with Gasteiger partial charge in [-0.05, 0) is 18.7 Å². The van der Waals surface area contributed by atoms with Crippen molar-refractivity contribution < 1.29 is 18.0 Å². The molecular formula is C15H18N4O4S. The zero-order valence-electron chi connectivity index (χ0n) is 13.2. The van der Waals surface area contributed by atoms with Crippen LogP contribution in [0.5, 0.6) is 0 Å². The zero-order valence-corrected chi connectivity index (χ0v) is 14.1. The van der Waals surface area contributed by atoms with Crippen LogP contribution in [0.1, 0.15) is 16.1 Å². The van der Waals surface area contributed by atoms with E-state index < -0.39 is 15.9 Å². The van der Waals surface area contributed by atoms with Crippen molar-refractivity contribution in [3.8, 4) is 0 Å². The van der Waals surface area contributed by atoms with Crippen molar-refractivity contribution in [1.29, 1.82) is 0 Å². The molecule has 0 fully saturated rings. The van der Waals surface area contributed by atoms with E-state index >= 15 is 0 Å². The smallest absolute Gasteiger partial charge is 0.286 e. The van der Waals surface area contributed by atoms with Crippen molar-refractivity contribution in [3.63, 3.8) is 0 Å². The van der Waals surface area contributed by atoms with Crippen LogP contribution in [0.4, 0.5) is 0 Å². The maximum atomic E-state index is 12.1. The number of aryl methyl sites for hydroxylation is 1. The number of hydrogen-bond acceptors (Lipinski definition) is 4. The van der Waals surface area contributed by atoms with Gasteiger partial charge in [-0.25, -0.2) is 13.1 Å². The van der Waals surface area contributed by atoms with Gasteiger partial charge in [-0.1, -0.05) is 30.3 Å². The molecule has 0 atom stereocenters. The fourth-order valence-electron chi connectivity index (χ4n) is 2.04. The Balaban J connectivity index is 1.99. The number of carbonyl (C=O) groups excluding carboxylic acids is 2. The van der Waals surface area contributed by atoms with Crippen LogP contribution < -0.4 is 15.6 Å². The predicted molar refractivity (Wildman–Crippen MR) is 87.4 cm³/mol. The summed E-state index contributed by atoms with van der Waals surface area (Å²) in [6.45, 7) is 0. The normalized spacial score (nSPS) is 11.1. The van der Waals surface area contributed by atoms with Crippen LogP contribution >= 0.6 is 0 Å². The molecule has 1 heterocycles. The lowest BCUT2D eigenvalue weighted by atomic mass is 10.1. The minimum Gasteiger partial charge on any atom is -0.345 e. The van der Waals surface area contributed by atoms with E-state index in [0.717, 1.165) is 5.56 Å². The molecule has 1 aromatic heterocycles. The molecule has 2 amide bonds. The van der Waals surface area contributed by atoms with Crippen LogP contribution in [-0.2, 0) is 28.3 Å². The van der Waals surface area contributed by atoms with Gasteiger partial charge in [-0.3, -0.25) is 20.4 Å². The highest BCUT2D eigenvalue weighted by molar-refractivity contribution is 7.89. The van der Waals surface area contributed by atoms with E-state index in [9.17, 15) is 18.0 Å². The van der Waals surface area contributed by atoms with Crippen molar-refractivity contribution in [2.45, 2.75) is 11.3 Å². The minimum absolute atomic E-state index is 0.0340. The number of nitrogens with zero attached hydrogens (tertiary/aromatic N) is 1. The van der Waals surface area contributed by atoms with Crippen LogP contribution in [-0.4, -0.2) is 31.8 Å². The molecule has 0 saturated heterocycles. The molecule has 0 spiro atoms. The lowest BCUT2D eigenvalue weighted by Crippen LogP contribution is -2.42. The number of nitrogens with one attached hydrogen (secondary N) is 3. The third kappa shape index (κ3) is 4.21. The molecule has 0 saturated carbocycles. The summed E-state index contributed by atoms with van der Waals surface area (Å²) in [5.41, 5.74) is 5.48. The van der Waals surface area contributed by atoms with E-state index in [4.69, 9.17) is 0 Å². The molecule has 1 aromatic carbocycles. The Kier molecular flexibility index (Phi) is 5.37. The van der Waals surface area contributed by atoms with Crippen LogP contribution in [0.15, 0.2) is 47.5 Å². The Morgan fingerprint density at radius 3 is 2.42 bits per heavy atom. The highest BCUT2D eigenvalue weighted by atomic mass is 32.2. The number of hydrogen-bond donors (Lipinski definition) is 3. The van der Waals surface area contributed by atoms with Crippen LogP contribution in [0.25, 0.3) is 0 Å². The first kappa shape index (κ1) is 17.7. The van der Waals surface area contributed by atoms with Gasteiger partial charge >= 0.3 is 0 Å². The number of aromatic nitrogens is 1. The third-order valence-corrected chi connectivity index (χ3v) is 4.70. The van der Waals surface area contributed by atoms with E-state index in [1.54, 1.807) is 12.1 Å². The molecule has 24 heavy (non-hydrogen) atoms. The Morgan fingerprint density at radius 2 is 1.79 bits per heavy atom. The molecule has 0 radical (unpaired) electrons. The third-order valence-electron chi connectivity index (χ3n) is 3.31. The predicted octanol–water partition coefficient (Wildman–Crippen LogP) is -0.0631. The van der Waals surface area contributed by atoms with Crippen molar-refractivity contribution in [2.24, 2.45) is 7.05 Å². The summed E-state index contributed by atoms with van der Waals surface area (Å²) in [5.74, 6) is -0.997. The van der Waals surface area contributed by atoms with Crippen molar-refractivity contribution in [3.05, 3.63) is 53.9 Å². The Hall–Kier alpha value is -2.65. The number of sulfonamides is 1. The van der Waals surface area contributed by atoms with Crippen LogP contribution in [0.2, 0.25) is 0 Å². The van der Waals surface area contributed by atoms with Gasteiger partial charge in [-0.2, -0.15) is 0 Å². The fourth-order valence-corrected chi connectivity index (χ4v) is 2.84. The second kappa shape index (κ2) is 7.28. The summed E-state index contributed by atoms with van der Waals surface area (Å²) in [5, 5.41) is 0. The van der Waals surface area contributed by atoms with E-state index in [2.05, 4.69) is 15.6 Å². The molecule has 0 aliphatic heterocycles. The van der Waals surface area contributed by atoms with Gasteiger partial charge in [-0.15, -0.1) is 0 Å². The van der Waals surface area contributed by atoms with Gasteiger partial charge in [0.2, 0.25) is 15.9 Å². The second-order valence-corrected chi connectivity index (χ2v) is 6.93. The molecule has 0 aliphatic rings. The largest absolute Gasteiger partial charge is 0.345 e. The number of carbonyl (C=O) groups is 2. The van der Waals surface area contributed by atoms with E-state index in [0.29, 0.717) is 0 Å². The second-order valence-electron chi connectivity index (χ2n) is 5.04. The topological polar surface area (TPSA) is 109 Å². The molecule has 0 unspecified atom stereocenters. The van der Waals surface area contributed by atoms with Gasteiger partial charge in [0, 0.05) is 13.2 Å². The standard InChI is InChI=1S/C15H18N4O4S/c1-16-24(22,23)12-9-13(19(2)10-12)15(21)18-17-14(20)8-11-6-4-3-5-7-11/h3-7,9-10,16H,8H2,1-2H3,(H,17,20)(H,18,21). The molecule has 9 heteroatoms. The van der Waals surface area contributed by atoms with Crippen molar-refractivity contribution >= 4 is 21.8 Å². The quantitative estimate of drug-likeness (QED) is 0.656. The van der Waals surface area contributed by atoms with Crippen LogP contribution in [0.3, 0.4) is 0 Å². The highest BCUT2D eigenvalue weighted by Gasteiger charge is 2.19.